The fraction of sp³-hybridized carbons (Fsp3) is 0.227. The molecule has 0 aliphatic carbocycles. The molecule has 0 radical (unpaired) electrons. The van der Waals surface area contributed by atoms with Gasteiger partial charge in [-0.2, -0.15) is 18.4 Å². The minimum atomic E-state index is -5.40. The van der Waals surface area contributed by atoms with Crippen molar-refractivity contribution in [1.29, 1.82) is 5.26 Å². The van der Waals surface area contributed by atoms with Crippen molar-refractivity contribution in [2.45, 2.75) is 17.6 Å². The van der Waals surface area contributed by atoms with Gasteiger partial charge in [0, 0.05) is 16.7 Å². The maximum Gasteiger partial charge on any atom is 0.493 e. The van der Waals surface area contributed by atoms with Crippen LogP contribution in [0.25, 0.3) is 0 Å². The monoisotopic (exact) mass is 596 g/mol. The summed E-state index contributed by atoms with van der Waals surface area (Å²) in [5.74, 6) is -5.89. The third-order valence-electron chi connectivity index (χ3n) is 5.38. The van der Waals surface area contributed by atoms with Crippen LogP contribution in [0.15, 0.2) is 46.1 Å². The van der Waals surface area contributed by atoms with Crippen molar-refractivity contribution in [2.75, 3.05) is 18.1 Å². The van der Waals surface area contributed by atoms with Crippen molar-refractivity contribution >= 4 is 57.7 Å². The van der Waals surface area contributed by atoms with E-state index < -0.39 is 47.1 Å². The average molecular weight is 597 g/mol. The maximum absolute atomic E-state index is 12.9. The van der Waals surface area contributed by atoms with Gasteiger partial charge in [-0.1, -0.05) is 17.3 Å². The first-order valence-electron chi connectivity index (χ1n) is 10.8. The molecule has 4 N–H and O–H groups in total. The molecule has 1 aromatic heterocycles. The fourth-order valence-corrected chi connectivity index (χ4v) is 5.47. The molecule has 40 heavy (non-hydrogen) atoms. The molecule has 3 heterocycles. The SMILES string of the molecule is N#Cc1ccccc1OCC1=C(C(=O)O)N2C(=O)C(NC(=O)C(=NOC(=O)C(F)(F)F)c3csc(N)n3)[C@@H]2SC1. The van der Waals surface area contributed by atoms with Crippen LogP contribution in [0, 0.1) is 11.3 Å². The van der Waals surface area contributed by atoms with Gasteiger partial charge in [-0.15, -0.1) is 23.1 Å². The molecule has 0 bridgehead atoms. The van der Waals surface area contributed by atoms with Gasteiger partial charge in [0.05, 0.1) is 5.56 Å². The van der Waals surface area contributed by atoms with Gasteiger partial charge in [-0.25, -0.2) is 14.6 Å². The highest BCUT2D eigenvalue weighted by atomic mass is 32.2. The van der Waals surface area contributed by atoms with Crippen molar-refractivity contribution in [3.05, 3.63) is 52.2 Å². The summed E-state index contributed by atoms with van der Waals surface area (Å²) >= 11 is 1.91. The van der Waals surface area contributed by atoms with Crippen molar-refractivity contribution < 1.29 is 47.0 Å². The number of ether oxygens (including phenoxy) is 1. The number of nitriles is 1. The van der Waals surface area contributed by atoms with Gasteiger partial charge in [0.15, 0.2) is 10.8 Å². The number of thiazole rings is 1. The Hall–Kier alpha value is -4.63. The van der Waals surface area contributed by atoms with Crippen LogP contribution in [0.1, 0.15) is 11.3 Å². The third-order valence-corrected chi connectivity index (χ3v) is 7.39. The number of nitrogens with zero attached hydrogens (tertiary/aromatic N) is 4. The zero-order chi connectivity index (χ0) is 29.2. The molecule has 0 spiro atoms. The summed E-state index contributed by atoms with van der Waals surface area (Å²) in [5.41, 5.74) is 4.42. The van der Waals surface area contributed by atoms with Gasteiger partial charge < -0.3 is 25.7 Å². The number of para-hydroxylation sites is 1. The van der Waals surface area contributed by atoms with E-state index in [9.17, 15) is 42.7 Å². The molecule has 13 nitrogen and oxygen atoms in total. The molecule has 2 aromatic rings. The third kappa shape index (κ3) is 5.69. The van der Waals surface area contributed by atoms with Gasteiger partial charge in [-0.05, 0) is 12.1 Å². The molecule has 2 aliphatic heterocycles. The van der Waals surface area contributed by atoms with E-state index in [0.29, 0.717) is 0 Å². The van der Waals surface area contributed by atoms with Crippen molar-refractivity contribution in [1.82, 2.24) is 15.2 Å². The number of fused-ring (bicyclic) bond motifs is 1. The predicted molar refractivity (Wildman–Crippen MR) is 132 cm³/mol. The Morgan fingerprint density at radius 3 is 2.67 bits per heavy atom. The number of oxime groups is 1. The lowest BCUT2D eigenvalue weighted by Crippen LogP contribution is -2.71. The van der Waals surface area contributed by atoms with E-state index in [1.54, 1.807) is 12.1 Å². The summed E-state index contributed by atoms with van der Waals surface area (Å²) in [6.07, 6.45) is -5.40. The molecule has 18 heteroatoms. The Kier molecular flexibility index (Phi) is 7.97. The molecule has 1 aromatic carbocycles. The first-order chi connectivity index (χ1) is 18.9. The molecular formula is C22H15F3N6O7S2. The molecule has 2 amide bonds. The Morgan fingerprint density at radius 1 is 1.32 bits per heavy atom. The number of hydrogen-bond donors (Lipinski definition) is 3. The molecule has 2 aliphatic rings. The van der Waals surface area contributed by atoms with Crippen LogP contribution in [-0.4, -0.2) is 74.4 Å². The zero-order valence-corrected chi connectivity index (χ0v) is 21.3. The summed E-state index contributed by atoms with van der Waals surface area (Å²) < 4.78 is 43.2. The smallest absolute Gasteiger partial charge is 0.488 e. The highest BCUT2D eigenvalue weighted by molar-refractivity contribution is 8.00. The minimum absolute atomic E-state index is 0.0733. The summed E-state index contributed by atoms with van der Waals surface area (Å²) in [5, 5.41) is 24.5. The minimum Gasteiger partial charge on any atom is -0.488 e. The van der Waals surface area contributed by atoms with Crippen molar-refractivity contribution in [2.24, 2.45) is 5.16 Å². The van der Waals surface area contributed by atoms with Gasteiger partial charge in [0.1, 0.15) is 41.2 Å². The number of nitrogens with one attached hydrogen (secondary N) is 1. The number of carbonyl (C=O) groups is 4. The number of rotatable bonds is 8. The number of alkyl halides is 3. The van der Waals surface area contributed by atoms with Crippen LogP contribution in [0.3, 0.4) is 0 Å². The predicted octanol–water partition coefficient (Wildman–Crippen LogP) is 1.22. The lowest BCUT2D eigenvalue weighted by atomic mass is 10.0. The second-order valence-electron chi connectivity index (χ2n) is 7.90. The van der Waals surface area contributed by atoms with Crippen LogP contribution in [0.5, 0.6) is 5.75 Å². The second-order valence-corrected chi connectivity index (χ2v) is 9.90. The van der Waals surface area contributed by atoms with E-state index in [1.165, 1.54) is 17.5 Å². The van der Waals surface area contributed by atoms with Crippen LogP contribution >= 0.6 is 23.1 Å². The van der Waals surface area contributed by atoms with Crippen LogP contribution in [0.4, 0.5) is 18.3 Å². The number of thioether (sulfide) groups is 1. The normalized spacial score (nSPS) is 18.8. The van der Waals surface area contributed by atoms with Crippen LogP contribution < -0.4 is 15.8 Å². The fourth-order valence-electron chi connectivity index (χ4n) is 3.59. The number of anilines is 1. The molecule has 0 saturated carbocycles. The number of amides is 2. The Morgan fingerprint density at radius 2 is 2.05 bits per heavy atom. The number of aliphatic carboxylic acids is 1. The molecule has 1 unspecified atom stereocenters. The largest absolute Gasteiger partial charge is 0.493 e. The number of carboxylic acid groups (broad SMARTS) is 1. The van der Waals surface area contributed by atoms with E-state index in [-0.39, 0.29) is 45.8 Å². The highest BCUT2D eigenvalue weighted by Crippen LogP contribution is 2.40. The lowest BCUT2D eigenvalue weighted by molar-refractivity contribution is -0.199. The summed E-state index contributed by atoms with van der Waals surface area (Å²) in [4.78, 5) is 57.5. The topological polar surface area (TPSA) is 197 Å². The maximum atomic E-state index is 12.9. The van der Waals surface area contributed by atoms with Crippen molar-refractivity contribution in [3.63, 3.8) is 0 Å². The van der Waals surface area contributed by atoms with E-state index >= 15 is 0 Å². The number of halogens is 3. The van der Waals surface area contributed by atoms with Gasteiger partial charge in [-0.3, -0.25) is 14.5 Å². The number of β-lactam (4-membered cyclic amide) rings is 1. The van der Waals surface area contributed by atoms with Gasteiger partial charge >= 0.3 is 18.1 Å². The van der Waals surface area contributed by atoms with E-state index in [0.717, 1.165) is 28.0 Å². The lowest BCUT2D eigenvalue weighted by Gasteiger charge is -2.49. The van der Waals surface area contributed by atoms with E-state index in [1.807, 2.05) is 6.07 Å². The summed E-state index contributed by atoms with van der Waals surface area (Å²) in [6, 6.07) is 6.95. The van der Waals surface area contributed by atoms with Gasteiger partial charge in [0.2, 0.25) is 0 Å². The molecule has 1 saturated heterocycles. The molecule has 208 valence electrons. The number of nitrogen functional groups attached to an aromatic ring is 1. The molecule has 4 rings (SSSR count). The number of aromatic nitrogens is 1. The first kappa shape index (κ1) is 28.4. The number of hydrogen-bond acceptors (Lipinski definition) is 12. The Bertz CT molecular complexity index is 1500. The summed E-state index contributed by atoms with van der Waals surface area (Å²) in [6.45, 7) is -0.243. The standard InChI is InChI=1S/C22H15F3N6O7S2/c23-22(24,25)20(36)38-30-13(11-8-40-21(27)28-11)16(32)29-14-17(33)31-15(19(34)35)10(7-39-18(14)31)6-37-12-4-2-1-3-9(12)5-26/h1-4,8,14,18H,6-7H2,(H2,27,28)(H,29,32)(H,34,35)/t14?,18-/m0/s1. The number of benzene rings is 1. The van der Waals surface area contributed by atoms with E-state index in [2.05, 4.69) is 20.3 Å². The second kappa shape index (κ2) is 11.2. The van der Waals surface area contributed by atoms with Gasteiger partial charge in [0.25, 0.3) is 11.8 Å². The summed E-state index contributed by atoms with van der Waals surface area (Å²) in [7, 11) is 0. The molecular weight excluding hydrogens is 581 g/mol. The zero-order valence-electron chi connectivity index (χ0n) is 19.7. The van der Waals surface area contributed by atoms with Crippen LogP contribution in [0.2, 0.25) is 0 Å². The Labute approximate surface area is 230 Å². The average Bonchev–Trinajstić information content (AvgIpc) is 3.34. The molecule has 2 atom stereocenters. The van der Waals surface area contributed by atoms with Crippen LogP contribution in [-0.2, 0) is 24.0 Å². The highest BCUT2D eigenvalue weighted by Gasteiger charge is 2.54. The number of carbonyl (C=O) groups excluding carboxylic acids is 3. The Balaban J connectivity index is 1.52. The van der Waals surface area contributed by atoms with E-state index in [4.69, 9.17) is 10.5 Å². The molecule has 1 fully saturated rings. The number of nitrogens with two attached hydrogens (primary N) is 1. The quantitative estimate of drug-likeness (QED) is 0.171. The first-order valence-corrected chi connectivity index (χ1v) is 12.8. The van der Waals surface area contributed by atoms with Crippen molar-refractivity contribution in [3.8, 4) is 11.8 Å². The number of carboxylic acids is 1.